The number of benzene rings is 4. The van der Waals surface area contributed by atoms with Crippen molar-refractivity contribution in [1.29, 1.82) is 0 Å². The molecule has 0 bridgehead atoms. The van der Waals surface area contributed by atoms with Crippen molar-refractivity contribution in [3.05, 3.63) is 124 Å². The Kier molecular flexibility index (Phi) is 8.08. The number of carbonyl (C=O) groups excluding carboxylic acids is 1. The summed E-state index contributed by atoms with van der Waals surface area (Å²) in [6.07, 6.45) is -4.77. The summed E-state index contributed by atoms with van der Waals surface area (Å²) in [7, 11) is 0. The molecule has 0 saturated heterocycles. The van der Waals surface area contributed by atoms with Gasteiger partial charge >= 0.3 is 6.36 Å². The van der Waals surface area contributed by atoms with Crippen LogP contribution in [0.25, 0.3) is 11.1 Å². The Bertz CT molecular complexity index is 1570. The summed E-state index contributed by atoms with van der Waals surface area (Å²) in [6.45, 7) is 0.165. The molecule has 1 aliphatic rings. The lowest BCUT2D eigenvalue weighted by atomic mass is 9.89. The fourth-order valence-electron chi connectivity index (χ4n) is 4.79. The highest BCUT2D eigenvalue weighted by molar-refractivity contribution is 6.31. The van der Waals surface area contributed by atoms with Gasteiger partial charge in [-0.2, -0.15) is 0 Å². The van der Waals surface area contributed by atoms with Crippen molar-refractivity contribution >= 4 is 23.2 Å². The Labute approximate surface area is 237 Å². The number of hydrogen-bond donors (Lipinski definition) is 1. The molecule has 1 amide bonds. The third-order valence-corrected chi connectivity index (χ3v) is 7.13. The molecule has 0 saturated carbocycles. The highest BCUT2D eigenvalue weighted by Crippen LogP contribution is 2.38. The van der Waals surface area contributed by atoms with Gasteiger partial charge in [-0.25, -0.2) is 8.78 Å². The number of alkyl halides is 3. The van der Waals surface area contributed by atoms with Crippen LogP contribution < -0.4 is 10.1 Å². The lowest BCUT2D eigenvalue weighted by Gasteiger charge is -2.19. The van der Waals surface area contributed by atoms with Gasteiger partial charge in [0.05, 0.1) is 17.5 Å². The summed E-state index contributed by atoms with van der Waals surface area (Å²) in [5.74, 6) is -2.98. The van der Waals surface area contributed by atoms with E-state index in [4.69, 9.17) is 11.6 Å². The predicted octanol–water partition coefficient (Wildman–Crippen LogP) is 8.05. The molecule has 0 aliphatic carbocycles. The zero-order chi connectivity index (χ0) is 29.1. The van der Waals surface area contributed by atoms with Crippen molar-refractivity contribution < 1.29 is 31.5 Å². The molecule has 0 fully saturated rings. The van der Waals surface area contributed by atoms with Gasteiger partial charge in [0.1, 0.15) is 17.4 Å². The third kappa shape index (κ3) is 6.57. The number of hydrogen-bond acceptors (Lipinski definition) is 3. The Morgan fingerprint density at radius 3 is 2.10 bits per heavy atom. The van der Waals surface area contributed by atoms with Crippen molar-refractivity contribution in [3.8, 4) is 16.9 Å². The molecule has 1 N–H and O–H groups in total. The van der Waals surface area contributed by atoms with Gasteiger partial charge in [-0.15, -0.1) is 13.2 Å². The normalized spacial score (nSPS) is 16.8. The molecular formula is C31H22ClF5N2O2. The number of rotatable bonds is 7. The minimum Gasteiger partial charge on any atom is -0.406 e. The van der Waals surface area contributed by atoms with Gasteiger partial charge in [-0.05, 0) is 52.6 Å². The van der Waals surface area contributed by atoms with Gasteiger partial charge in [0.2, 0.25) is 5.91 Å². The highest BCUT2D eigenvalue weighted by atomic mass is 35.5. The Hall–Kier alpha value is -4.24. The number of amides is 1. The van der Waals surface area contributed by atoms with Crippen molar-refractivity contribution in [1.82, 2.24) is 5.32 Å². The minimum absolute atomic E-state index is 0.0132. The second-order valence-electron chi connectivity index (χ2n) is 9.43. The summed E-state index contributed by atoms with van der Waals surface area (Å²) in [6, 6.07) is 22.2. The van der Waals surface area contributed by atoms with Gasteiger partial charge in [0.15, 0.2) is 0 Å². The van der Waals surface area contributed by atoms with Crippen LogP contribution in [0, 0.1) is 17.6 Å². The molecule has 4 aromatic carbocycles. The van der Waals surface area contributed by atoms with E-state index in [0.717, 1.165) is 12.1 Å². The molecule has 41 heavy (non-hydrogen) atoms. The maximum absolute atomic E-state index is 14.6. The lowest BCUT2D eigenvalue weighted by Crippen LogP contribution is -2.32. The summed E-state index contributed by atoms with van der Waals surface area (Å²) in [4.78, 5) is 18.0. The maximum atomic E-state index is 14.6. The molecule has 10 heteroatoms. The largest absolute Gasteiger partial charge is 0.573 e. The predicted molar refractivity (Wildman–Crippen MR) is 146 cm³/mol. The average Bonchev–Trinajstić information content (AvgIpc) is 3.37. The van der Waals surface area contributed by atoms with Crippen LogP contribution in [-0.2, 0) is 11.3 Å². The standard InChI is InChI=1S/C31H22ClF5N2O2/c32-24-5-2-1-4-21(24)17-38-30(40)23-16-27(28-25(33)6-3-7-26(28)34)39-29(23)20-10-8-18(9-11-20)19-12-14-22(15-13-19)41-31(35,36)37/h1-15,23,29H,16-17H2,(H,38,40). The van der Waals surface area contributed by atoms with Gasteiger partial charge in [-0.3, -0.25) is 9.79 Å². The van der Waals surface area contributed by atoms with Crippen LogP contribution >= 0.6 is 11.6 Å². The number of nitrogens with one attached hydrogen (secondary N) is 1. The summed E-state index contributed by atoms with van der Waals surface area (Å²) >= 11 is 6.22. The third-order valence-electron chi connectivity index (χ3n) is 6.76. The molecule has 0 spiro atoms. The van der Waals surface area contributed by atoms with Crippen LogP contribution in [0.5, 0.6) is 5.75 Å². The van der Waals surface area contributed by atoms with Crippen LogP contribution in [-0.4, -0.2) is 18.0 Å². The fourth-order valence-corrected chi connectivity index (χ4v) is 4.99. The van der Waals surface area contributed by atoms with Crippen molar-refractivity contribution in [3.63, 3.8) is 0 Å². The molecule has 0 aromatic heterocycles. The lowest BCUT2D eigenvalue weighted by molar-refractivity contribution is -0.274. The molecule has 1 heterocycles. The zero-order valence-corrected chi connectivity index (χ0v) is 22.0. The van der Waals surface area contributed by atoms with E-state index >= 15 is 0 Å². The van der Waals surface area contributed by atoms with Gasteiger partial charge in [-0.1, -0.05) is 72.3 Å². The van der Waals surface area contributed by atoms with E-state index in [1.165, 1.54) is 30.3 Å². The first-order valence-electron chi connectivity index (χ1n) is 12.6. The average molecular weight is 585 g/mol. The first-order valence-corrected chi connectivity index (χ1v) is 12.9. The van der Waals surface area contributed by atoms with E-state index in [9.17, 15) is 26.7 Å². The highest BCUT2D eigenvalue weighted by Gasteiger charge is 2.38. The monoisotopic (exact) mass is 584 g/mol. The first-order chi connectivity index (χ1) is 19.6. The SMILES string of the molecule is O=C(NCc1ccccc1Cl)C1CC(c2c(F)cccc2F)=NC1c1ccc(-c2ccc(OC(F)(F)F)cc2)cc1. The summed E-state index contributed by atoms with van der Waals surface area (Å²) < 4.78 is 70.6. The van der Waals surface area contributed by atoms with Crippen molar-refractivity contribution in [2.45, 2.75) is 25.4 Å². The Morgan fingerprint density at radius 2 is 1.49 bits per heavy atom. The van der Waals surface area contributed by atoms with Crippen LogP contribution in [0.15, 0.2) is 96.0 Å². The number of aliphatic imine (C=N–C) groups is 1. The van der Waals surface area contributed by atoms with Crippen molar-refractivity contribution in [2.75, 3.05) is 0 Å². The van der Waals surface area contributed by atoms with E-state index in [0.29, 0.717) is 27.3 Å². The summed E-state index contributed by atoms with van der Waals surface area (Å²) in [5, 5.41) is 3.36. The van der Waals surface area contributed by atoms with E-state index in [1.54, 1.807) is 48.5 Å². The molecule has 5 rings (SSSR count). The Balaban J connectivity index is 1.41. The number of carbonyl (C=O) groups is 1. The first kappa shape index (κ1) is 28.3. The maximum Gasteiger partial charge on any atom is 0.573 e. The van der Waals surface area contributed by atoms with Crippen LogP contribution in [0.1, 0.15) is 29.2 Å². The molecular weight excluding hydrogens is 563 g/mol. The summed E-state index contributed by atoms with van der Waals surface area (Å²) in [5.41, 5.74) is 2.58. The quantitative estimate of drug-likeness (QED) is 0.223. The topological polar surface area (TPSA) is 50.7 Å². The molecule has 2 unspecified atom stereocenters. The second-order valence-corrected chi connectivity index (χ2v) is 9.84. The van der Waals surface area contributed by atoms with E-state index in [1.807, 2.05) is 0 Å². The molecule has 1 aliphatic heterocycles. The van der Waals surface area contributed by atoms with E-state index in [-0.39, 0.29) is 35.9 Å². The number of ether oxygens (including phenoxy) is 1. The van der Waals surface area contributed by atoms with Gasteiger partial charge in [0, 0.05) is 23.7 Å². The zero-order valence-electron chi connectivity index (χ0n) is 21.3. The molecule has 0 radical (unpaired) electrons. The van der Waals surface area contributed by atoms with E-state index < -0.39 is 30.0 Å². The Morgan fingerprint density at radius 1 is 0.878 bits per heavy atom. The van der Waals surface area contributed by atoms with E-state index in [2.05, 4.69) is 15.0 Å². The second kappa shape index (κ2) is 11.7. The van der Waals surface area contributed by atoms with Gasteiger partial charge in [0.25, 0.3) is 0 Å². The molecule has 4 aromatic rings. The van der Waals surface area contributed by atoms with Crippen LogP contribution in [0.2, 0.25) is 5.02 Å². The van der Waals surface area contributed by atoms with Gasteiger partial charge < -0.3 is 10.1 Å². The smallest absolute Gasteiger partial charge is 0.406 e. The molecule has 210 valence electrons. The number of halogens is 6. The molecule has 2 atom stereocenters. The molecule has 4 nitrogen and oxygen atoms in total. The number of nitrogens with zero attached hydrogens (tertiary/aromatic N) is 1. The van der Waals surface area contributed by atoms with Crippen LogP contribution in [0.4, 0.5) is 22.0 Å². The fraction of sp³-hybridized carbons (Fsp3) is 0.161. The van der Waals surface area contributed by atoms with Crippen molar-refractivity contribution in [2.24, 2.45) is 10.9 Å². The minimum atomic E-state index is -4.79. The van der Waals surface area contributed by atoms with Crippen LogP contribution in [0.3, 0.4) is 0 Å².